The molecule has 1 saturated carbocycles. The number of nitrogens with one attached hydrogen (secondary N) is 3. The molecule has 0 aromatic rings. The fraction of sp³-hybridized carbons (Fsp3) is 0.769. The molecule has 4 N–H and O–H groups in total. The van der Waals surface area contributed by atoms with Crippen molar-refractivity contribution in [2.75, 3.05) is 32.7 Å². The number of nitrogens with zero attached hydrogens (tertiary/aromatic N) is 1. The second-order valence-electron chi connectivity index (χ2n) is 5.50. The third-order valence-electron chi connectivity index (χ3n) is 3.99. The summed E-state index contributed by atoms with van der Waals surface area (Å²) in [6.45, 7) is 2.84. The summed E-state index contributed by atoms with van der Waals surface area (Å²) in [5, 5.41) is 17.3. The highest BCUT2D eigenvalue weighted by molar-refractivity contribution is 5.84. The van der Waals surface area contributed by atoms with Gasteiger partial charge in [0.2, 0.25) is 5.91 Å². The summed E-state index contributed by atoms with van der Waals surface area (Å²) in [6, 6.07) is -0.532. The quantitative estimate of drug-likeness (QED) is 0.530. The molecule has 8 nitrogen and oxygen atoms in total. The minimum atomic E-state index is -0.811. The summed E-state index contributed by atoms with van der Waals surface area (Å²) in [5.74, 6) is -1.28. The molecular formula is C13H22N4O4. The average Bonchev–Trinajstić information content (AvgIpc) is 2.94. The second kappa shape index (κ2) is 7.26. The summed E-state index contributed by atoms with van der Waals surface area (Å²) >= 11 is 0. The van der Waals surface area contributed by atoms with Crippen molar-refractivity contribution in [3.05, 3.63) is 0 Å². The van der Waals surface area contributed by atoms with E-state index >= 15 is 0 Å². The van der Waals surface area contributed by atoms with Crippen LogP contribution in [0.1, 0.15) is 19.3 Å². The molecule has 2 atom stereocenters. The Bertz CT molecular complexity index is 409. The van der Waals surface area contributed by atoms with Crippen molar-refractivity contribution in [1.29, 1.82) is 0 Å². The first kappa shape index (κ1) is 15.6. The van der Waals surface area contributed by atoms with Crippen LogP contribution >= 0.6 is 0 Å². The molecule has 1 saturated heterocycles. The maximum atomic E-state index is 11.9. The summed E-state index contributed by atoms with van der Waals surface area (Å²) in [4.78, 5) is 36.1. The van der Waals surface area contributed by atoms with Gasteiger partial charge in [-0.15, -0.1) is 0 Å². The van der Waals surface area contributed by atoms with E-state index < -0.39 is 12.0 Å². The normalized spacial score (nSPS) is 25.4. The van der Waals surface area contributed by atoms with Crippen LogP contribution in [0, 0.1) is 5.92 Å². The third kappa shape index (κ3) is 4.59. The maximum absolute atomic E-state index is 11.9. The first-order chi connectivity index (χ1) is 10.1. The highest BCUT2D eigenvalue weighted by Gasteiger charge is 2.30. The average molecular weight is 298 g/mol. The van der Waals surface area contributed by atoms with E-state index in [-0.39, 0.29) is 24.4 Å². The molecule has 8 heteroatoms. The van der Waals surface area contributed by atoms with E-state index in [4.69, 9.17) is 5.11 Å². The largest absolute Gasteiger partial charge is 0.481 e. The standard InChI is InChI=1S/C13H22N4O4/c18-11(17-5-3-14-4-6-17)8-15-13(21)16-10-2-1-9(7-10)12(19)20/h9-10,14H,1-8H2,(H,19,20)(H2,15,16,21). The topological polar surface area (TPSA) is 111 Å². The molecule has 1 aliphatic carbocycles. The van der Waals surface area contributed by atoms with E-state index in [0.717, 1.165) is 13.1 Å². The molecule has 0 bridgehead atoms. The zero-order chi connectivity index (χ0) is 15.2. The number of hydrogen-bond acceptors (Lipinski definition) is 4. The first-order valence-corrected chi connectivity index (χ1v) is 7.32. The molecular weight excluding hydrogens is 276 g/mol. The van der Waals surface area contributed by atoms with E-state index in [2.05, 4.69) is 16.0 Å². The highest BCUT2D eigenvalue weighted by atomic mass is 16.4. The molecule has 3 amide bonds. The number of carboxylic acids is 1. The Hall–Kier alpha value is -1.83. The van der Waals surface area contributed by atoms with Crippen molar-refractivity contribution in [1.82, 2.24) is 20.9 Å². The van der Waals surface area contributed by atoms with Gasteiger partial charge in [-0.3, -0.25) is 9.59 Å². The molecule has 21 heavy (non-hydrogen) atoms. The molecule has 2 rings (SSSR count). The van der Waals surface area contributed by atoms with Crippen LogP contribution in [0.25, 0.3) is 0 Å². The minimum absolute atomic E-state index is 0.0269. The smallest absolute Gasteiger partial charge is 0.315 e. The fourth-order valence-electron chi connectivity index (χ4n) is 2.76. The number of carbonyl (C=O) groups excluding carboxylic acids is 2. The molecule has 0 spiro atoms. The molecule has 0 aromatic heterocycles. The summed E-state index contributed by atoms with van der Waals surface area (Å²) in [5.41, 5.74) is 0. The van der Waals surface area contributed by atoms with E-state index in [0.29, 0.717) is 32.4 Å². The number of amides is 3. The van der Waals surface area contributed by atoms with Gasteiger partial charge in [0, 0.05) is 32.2 Å². The van der Waals surface area contributed by atoms with Crippen molar-refractivity contribution in [2.45, 2.75) is 25.3 Å². The number of piperazine rings is 1. The monoisotopic (exact) mass is 298 g/mol. The van der Waals surface area contributed by atoms with Crippen LogP contribution in [0.3, 0.4) is 0 Å². The summed E-state index contributed by atoms with van der Waals surface area (Å²) in [6.07, 6.45) is 1.70. The Morgan fingerprint density at radius 2 is 1.90 bits per heavy atom. The lowest BCUT2D eigenvalue weighted by atomic mass is 10.1. The lowest BCUT2D eigenvalue weighted by molar-refractivity contribution is -0.141. The SMILES string of the molecule is O=C(NCC(=O)N1CCNCC1)NC1CCC(C(=O)O)C1. The predicted octanol–water partition coefficient (Wildman–Crippen LogP) is -1.03. The Morgan fingerprint density at radius 1 is 1.19 bits per heavy atom. The van der Waals surface area contributed by atoms with Crippen LogP contribution < -0.4 is 16.0 Å². The number of hydrogen-bond donors (Lipinski definition) is 4. The van der Waals surface area contributed by atoms with E-state index in [9.17, 15) is 14.4 Å². The lowest BCUT2D eigenvalue weighted by Crippen LogP contribution is -2.51. The van der Waals surface area contributed by atoms with Crippen molar-refractivity contribution in [2.24, 2.45) is 5.92 Å². The Kier molecular flexibility index (Phi) is 5.38. The number of carboxylic acid groups (broad SMARTS) is 1. The molecule has 0 aromatic carbocycles. The predicted molar refractivity (Wildman–Crippen MR) is 74.7 cm³/mol. The maximum Gasteiger partial charge on any atom is 0.315 e. The van der Waals surface area contributed by atoms with Crippen LogP contribution in [0.2, 0.25) is 0 Å². The molecule has 2 fully saturated rings. The van der Waals surface area contributed by atoms with Gasteiger partial charge in [0.1, 0.15) is 0 Å². The Labute approximate surface area is 123 Å². The van der Waals surface area contributed by atoms with Gasteiger partial charge < -0.3 is 26.0 Å². The second-order valence-corrected chi connectivity index (χ2v) is 5.50. The van der Waals surface area contributed by atoms with Gasteiger partial charge in [-0.1, -0.05) is 0 Å². The van der Waals surface area contributed by atoms with E-state index in [1.54, 1.807) is 4.90 Å². The van der Waals surface area contributed by atoms with Crippen molar-refractivity contribution >= 4 is 17.9 Å². The molecule has 1 aliphatic heterocycles. The van der Waals surface area contributed by atoms with Crippen molar-refractivity contribution < 1.29 is 19.5 Å². The molecule has 2 unspecified atom stereocenters. The van der Waals surface area contributed by atoms with Gasteiger partial charge in [-0.2, -0.15) is 0 Å². The molecule has 118 valence electrons. The highest BCUT2D eigenvalue weighted by Crippen LogP contribution is 2.25. The fourth-order valence-corrected chi connectivity index (χ4v) is 2.76. The zero-order valence-corrected chi connectivity index (χ0v) is 11.9. The minimum Gasteiger partial charge on any atom is -0.481 e. The number of carbonyl (C=O) groups is 3. The van der Waals surface area contributed by atoms with Crippen LogP contribution in [0.4, 0.5) is 4.79 Å². The van der Waals surface area contributed by atoms with Gasteiger partial charge in [-0.05, 0) is 19.3 Å². The molecule has 1 heterocycles. The third-order valence-corrected chi connectivity index (χ3v) is 3.99. The number of rotatable bonds is 4. The number of urea groups is 1. The van der Waals surface area contributed by atoms with Crippen molar-refractivity contribution in [3.8, 4) is 0 Å². The Balaban J connectivity index is 1.65. The van der Waals surface area contributed by atoms with Gasteiger partial charge >= 0.3 is 12.0 Å². The molecule has 2 aliphatic rings. The molecule has 0 radical (unpaired) electrons. The Morgan fingerprint density at radius 3 is 2.52 bits per heavy atom. The first-order valence-electron chi connectivity index (χ1n) is 7.32. The van der Waals surface area contributed by atoms with Crippen LogP contribution in [-0.2, 0) is 9.59 Å². The summed E-state index contributed by atoms with van der Waals surface area (Å²) in [7, 11) is 0. The lowest BCUT2D eigenvalue weighted by Gasteiger charge is -2.27. The van der Waals surface area contributed by atoms with E-state index in [1.807, 2.05) is 0 Å². The van der Waals surface area contributed by atoms with Crippen LogP contribution in [0.5, 0.6) is 0 Å². The summed E-state index contributed by atoms with van der Waals surface area (Å²) < 4.78 is 0. The number of aliphatic carboxylic acids is 1. The van der Waals surface area contributed by atoms with Gasteiger partial charge in [-0.25, -0.2) is 4.79 Å². The van der Waals surface area contributed by atoms with E-state index in [1.165, 1.54) is 0 Å². The van der Waals surface area contributed by atoms with Crippen molar-refractivity contribution in [3.63, 3.8) is 0 Å². The van der Waals surface area contributed by atoms with Gasteiger partial charge in [0.15, 0.2) is 0 Å². The van der Waals surface area contributed by atoms with Gasteiger partial charge in [0.25, 0.3) is 0 Å². The van der Waals surface area contributed by atoms with Crippen LogP contribution in [-0.4, -0.2) is 66.7 Å². The van der Waals surface area contributed by atoms with Crippen LogP contribution in [0.15, 0.2) is 0 Å². The van der Waals surface area contributed by atoms with Gasteiger partial charge in [0.05, 0.1) is 12.5 Å². The zero-order valence-electron chi connectivity index (χ0n) is 11.9.